The average molecular weight is 284 g/mol. The summed E-state index contributed by atoms with van der Waals surface area (Å²) >= 11 is 0. The van der Waals surface area contributed by atoms with Crippen molar-refractivity contribution in [3.8, 4) is 0 Å². The molecule has 0 aliphatic heterocycles. The summed E-state index contributed by atoms with van der Waals surface area (Å²) in [5.41, 5.74) is 9.53. The third kappa shape index (κ3) is 4.61. The molecule has 0 aliphatic carbocycles. The zero-order chi connectivity index (χ0) is 15.1. The molecule has 0 saturated carbocycles. The molecule has 2 rings (SSSR count). The Kier molecular flexibility index (Phi) is 5.35. The van der Waals surface area contributed by atoms with Crippen LogP contribution in [0.1, 0.15) is 17.5 Å². The van der Waals surface area contributed by atoms with Crippen LogP contribution in [0, 0.1) is 0 Å². The molecule has 21 heavy (non-hydrogen) atoms. The topological polar surface area (TPSA) is 64.3 Å². The predicted octanol–water partition coefficient (Wildman–Crippen LogP) is 2.83. The lowest BCUT2D eigenvalue weighted by molar-refractivity contribution is -0.117. The van der Waals surface area contributed by atoms with Crippen LogP contribution < -0.4 is 11.1 Å². The molecule has 110 valence electrons. The summed E-state index contributed by atoms with van der Waals surface area (Å²) < 4.78 is 4.91. The lowest BCUT2D eigenvalue weighted by atomic mass is 10.0. The number of nitrogen functional groups attached to an aromatic ring is 1. The van der Waals surface area contributed by atoms with Crippen molar-refractivity contribution in [2.24, 2.45) is 0 Å². The fourth-order valence-electron chi connectivity index (χ4n) is 2.11. The number of ether oxygens (including phenoxy) is 1. The lowest BCUT2D eigenvalue weighted by Crippen LogP contribution is -2.15. The molecule has 0 saturated heterocycles. The van der Waals surface area contributed by atoms with Crippen LogP contribution in [0.2, 0.25) is 0 Å². The van der Waals surface area contributed by atoms with Crippen LogP contribution in [-0.2, 0) is 16.0 Å². The Balaban J connectivity index is 2.15. The third-order valence-corrected chi connectivity index (χ3v) is 3.17. The molecule has 0 aliphatic rings. The van der Waals surface area contributed by atoms with Crippen molar-refractivity contribution in [1.82, 2.24) is 0 Å². The number of benzene rings is 2. The first-order chi connectivity index (χ1) is 10.2. The molecule has 0 atom stereocenters. The quantitative estimate of drug-likeness (QED) is 0.802. The van der Waals surface area contributed by atoms with E-state index in [2.05, 4.69) is 17.4 Å². The summed E-state index contributed by atoms with van der Waals surface area (Å²) in [4.78, 5) is 11.8. The second kappa shape index (κ2) is 7.45. The summed E-state index contributed by atoms with van der Waals surface area (Å²) in [6, 6.07) is 15.6. The molecule has 0 spiro atoms. The third-order valence-electron chi connectivity index (χ3n) is 3.17. The zero-order valence-electron chi connectivity index (χ0n) is 12.1. The van der Waals surface area contributed by atoms with Gasteiger partial charge in [-0.25, -0.2) is 0 Å². The Morgan fingerprint density at radius 2 is 1.95 bits per heavy atom. The summed E-state index contributed by atoms with van der Waals surface area (Å²) in [7, 11) is 1.58. The predicted molar refractivity (Wildman–Crippen MR) is 85.2 cm³/mol. The maximum atomic E-state index is 11.8. The Hall–Kier alpha value is -2.33. The van der Waals surface area contributed by atoms with Crippen molar-refractivity contribution in [3.63, 3.8) is 0 Å². The average Bonchev–Trinajstić information content (AvgIpc) is 2.49. The van der Waals surface area contributed by atoms with Crippen LogP contribution in [0.5, 0.6) is 0 Å². The highest BCUT2D eigenvalue weighted by atomic mass is 16.5. The minimum atomic E-state index is -0.0593. The number of anilines is 2. The van der Waals surface area contributed by atoms with E-state index in [9.17, 15) is 4.79 Å². The standard InChI is InChI=1S/C17H20N2O2/c1-21-10-9-17(20)19-16-8-7-15(18)12-14(16)11-13-5-3-2-4-6-13/h2-8,12H,9-11,18H2,1H3,(H,19,20). The number of hydrogen-bond donors (Lipinski definition) is 2. The van der Waals surface area contributed by atoms with Gasteiger partial charge in [-0.05, 0) is 35.7 Å². The van der Waals surface area contributed by atoms with E-state index >= 15 is 0 Å². The fraction of sp³-hybridized carbons (Fsp3) is 0.235. The van der Waals surface area contributed by atoms with E-state index in [4.69, 9.17) is 10.5 Å². The number of carbonyl (C=O) groups is 1. The second-order valence-corrected chi connectivity index (χ2v) is 4.87. The van der Waals surface area contributed by atoms with Crippen LogP contribution in [0.3, 0.4) is 0 Å². The molecule has 4 heteroatoms. The summed E-state index contributed by atoms with van der Waals surface area (Å²) in [5.74, 6) is -0.0593. The first kappa shape index (κ1) is 15.1. The van der Waals surface area contributed by atoms with E-state index in [0.717, 1.165) is 17.7 Å². The Labute approximate surface area is 124 Å². The van der Waals surface area contributed by atoms with Crippen molar-refractivity contribution < 1.29 is 9.53 Å². The van der Waals surface area contributed by atoms with Gasteiger partial charge in [-0.2, -0.15) is 0 Å². The van der Waals surface area contributed by atoms with Gasteiger partial charge in [0, 0.05) is 18.5 Å². The molecule has 0 radical (unpaired) electrons. The van der Waals surface area contributed by atoms with E-state index in [1.165, 1.54) is 5.56 Å². The molecular formula is C17H20N2O2. The summed E-state index contributed by atoms with van der Waals surface area (Å²) in [5, 5.41) is 2.92. The number of amides is 1. The second-order valence-electron chi connectivity index (χ2n) is 4.87. The Bertz CT molecular complexity index is 597. The van der Waals surface area contributed by atoms with E-state index in [1.54, 1.807) is 13.2 Å². The van der Waals surface area contributed by atoms with Gasteiger partial charge in [0.25, 0.3) is 0 Å². The molecule has 3 N–H and O–H groups in total. The monoisotopic (exact) mass is 284 g/mol. The molecule has 0 bridgehead atoms. The van der Waals surface area contributed by atoms with Gasteiger partial charge >= 0.3 is 0 Å². The van der Waals surface area contributed by atoms with Crippen molar-refractivity contribution in [2.45, 2.75) is 12.8 Å². The van der Waals surface area contributed by atoms with Crippen molar-refractivity contribution in [2.75, 3.05) is 24.8 Å². The van der Waals surface area contributed by atoms with Gasteiger partial charge in [-0.15, -0.1) is 0 Å². The number of nitrogens with two attached hydrogens (primary N) is 1. The highest BCUT2D eigenvalue weighted by Gasteiger charge is 2.08. The van der Waals surface area contributed by atoms with Crippen LogP contribution in [0.15, 0.2) is 48.5 Å². The molecule has 2 aromatic carbocycles. The van der Waals surface area contributed by atoms with Gasteiger partial charge in [0.2, 0.25) is 5.91 Å². The number of rotatable bonds is 6. The molecule has 0 unspecified atom stereocenters. The highest BCUT2D eigenvalue weighted by molar-refractivity contribution is 5.91. The maximum absolute atomic E-state index is 11.8. The van der Waals surface area contributed by atoms with E-state index in [-0.39, 0.29) is 5.91 Å². The molecule has 1 amide bonds. The molecule has 0 fully saturated rings. The van der Waals surface area contributed by atoms with Crippen LogP contribution in [-0.4, -0.2) is 19.6 Å². The highest BCUT2D eigenvalue weighted by Crippen LogP contribution is 2.22. The molecule has 4 nitrogen and oxygen atoms in total. The van der Waals surface area contributed by atoms with E-state index in [1.807, 2.05) is 30.3 Å². The number of methoxy groups -OCH3 is 1. The Morgan fingerprint density at radius 3 is 2.67 bits per heavy atom. The van der Waals surface area contributed by atoms with Gasteiger partial charge < -0.3 is 15.8 Å². The normalized spacial score (nSPS) is 10.3. The van der Waals surface area contributed by atoms with Gasteiger partial charge in [0.15, 0.2) is 0 Å². The van der Waals surface area contributed by atoms with Gasteiger partial charge in [-0.1, -0.05) is 30.3 Å². The summed E-state index contributed by atoms with van der Waals surface area (Å²) in [6.07, 6.45) is 1.07. The number of hydrogen-bond acceptors (Lipinski definition) is 3. The van der Waals surface area contributed by atoms with E-state index in [0.29, 0.717) is 18.7 Å². The van der Waals surface area contributed by atoms with Crippen LogP contribution in [0.25, 0.3) is 0 Å². The minimum absolute atomic E-state index is 0.0593. The molecule has 0 heterocycles. The van der Waals surface area contributed by atoms with Crippen molar-refractivity contribution in [1.29, 1.82) is 0 Å². The summed E-state index contributed by atoms with van der Waals surface area (Å²) in [6.45, 7) is 0.412. The van der Waals surface area contributed by atoms with Crippen LogP contribution in [0.4, 0.5) is 11.4 Å². The first-order valence-corrected chi connectivity index (χ1v) is 6.90. The first-order valence-electron chi connectivity index (χ1n) is 6.90. The largest absolute Gasteiger partial charge is 0.399 e. The maximum Gasteiger partial charge on any atom is 0.226 e. The van der Waals surface area contributed by atoms with Crippen LogP contribution >= 0.6 is 0 Å². The van der Waals surface area contributed by atoms with Gasteiger partial charge in [0.1, 0.15) is 0 Å². The zero-order valence-corrected chi connectivity index (χ0v) is 12.1. The number of carbonyl (C=O) groups excluding carboxylic acids is 1. The smallest absolute Gasteiger partial charge is 0.226 e. The van der Waals surface area contributed by atoms with Gasteiger partial charge in [-0.3, -0.25) is 4.79 Å². The molecular weight excluding hydrogens is 264 g/mol. The minimum Gasteiger partial charge on any atom is -0.399 e. The molecule has 0 aromatic heterocycles. The Morgan fingerprint density at radius 1 is 1.19 bits per heavy atom. The fourth-order valence-corrected chi connectivity index (χ4v) is 2.11. The SMILES string of the molecule is COCCC(=O)Nc1ccc(N)cc1Cc1ccccc1. The molecule has 2 aromatic rings. The number of nitrogens with one attached hydrogen (secondary N) is 1. The van der Waals surface area contributed by atoms with Crippen molar-refractivity contribution in [3.05, 3.63) is 59.7 Å². The van der Waals surface area contributed by atoms with Crippen molar-refractivity contribution >= 4 is 17.3 Å². The van der Waals surface area contributed by atoms with E-state index < -0.39 is 0 Å². The lowest BCUT2D eigenvalue weighted by Gasteiger charge is -2.12. The van der Waals surface area contributed by atoms with Gasteiger partial charge in [0.05, 0.1) is 13.0 Å².